The summed E-state index contributed by atoms with van der Waals surface area (Å²) in [4.78, 5) is 35.3. The molecule has 0 radical (unpaired) electrons. The van der Waals surface area contributed by atoms with E-state index in [4.69, 9.17) is 27.6 Å². The molecule has 43 heavy (non-hydrogen) atoms. The summed E-state index contributed by atoms with van der Waals surface area (Å²) in [6.45, 7) is 1.11. The van der Waals surface area contributed by atoms with Crippen LogP contribution in [0.4, 0.5) is 0 Å². The second-order valence-corrected chi connectivity index (χ2v) is 12.7. The Morgan fingerprint density at radius 3 is 2.70 bits per heavy atom. The van der Waals surface area contributed by atoms with Crippen LogP contribution in [0.5, 0.6) is 0 Å². The maximum absolute atomic E-state index is 13.3. The van der Waals surface area contributed by atoms with E-state index in [-0.39, 0.29) is 17.6 Å². The zero-order valence-electron chi connectivity index (χ0n) is 22.4. The number of amides is 1. The average molecular weight is 653 g/mol. The Kier molecular flexibility index (Phi) is 7.60. The van der Waals surface area contributed by atoms with Crippen LogP contribution in [0.15, 0.2) is 80.6 Å². The Hall–Kier alpha value is -3.84. The van der Waals surface area contributed by atoms with E-state index in [1.807, 2.05) is 50.4 Å². The highest BCUT2D eigenvalue weighted by atomic mass is 35.5. The topological polar surface area (TPSA) is 115 Å². The van der Waals surface area contributed by atoms with Gasteiger partial charge in [0, 0.05) is 24.5 Å². The van der Waals surface area contributed by atoms with E-state index in [1.165, 1.54) is 23.1 Å². The lowest BCUT2D eigenvalue weighted by Gasteiger charge is -2.32. The van der Waals surface area contributed by atoms with Crippen molar-refractivity contribution in [3.63, 3.8) is 0 Å². The fourth-order valence-electron chi connectivity index (χ4n) is 5.31. The van der Waals surface area contributed by atoms with Gasteiger partial charge >= 0.3 is 5.69 Å². The summed E-state index contributed by atoms with van der Waals surface area (Å²) in [7, 11) is 0. The molecule has 1 amide bonds. The number of imidazole rings is 1. The second kappa shape index (κ2) is 11.7. The highest BCUT2D eigenvalue weighted by Crippen LogP contribution is 2.33. The molecule has 5 heterocycles. The van der Waals surface area contributed by atoms with Crippen molar-refractivity contribution in [3.8, 4) is 17.3 Å². The normalized spacial score (nSPS) is 14.1. The predicted octanol–water partition coefficient (Wildman–Crippen LogP) is 6.70. The van der Waals surface area contributed by atoms with Crippen molar-refractivity contribution in [2.24, 2.45) is 0 Å². The fourth-order valence-corrected chi connectivity index (χ4v) is 7.34. The lowest BCUT2D eigenvalue weighted by Crippen LogP contribution is -2.40. The molecule has 0 atom stereocenters. The van der Waals surface area contributed by atoms with Gasteiger partial charge in [0.1, 0.15) is 10.7 Å². The SMILES string of the molecule is O=C(c1csc(CSc2nnc(-c3ccco3)n2-c2ccc(Cl)c(Cl)c2)n1)N1CCC(n2c(=O)[nH]c3ccccc32)CC1. The summed E-state index contributed by atoms with van der Waals surface area (Å²) in [6.07, 6.45) is 2.97. The van der Waals surface area contributed by atoms with Gasteiger partial charge in [-0.25, -0.2) is 9.78 Å². The molecule has 2 aromatic carbocycles. The highest BCUT2D eigenvalue weighted by molar-refractivity contribution is 7.98. The van der Waals surface area contributed by atoms with Crippen molar-refractivity contribution in [1.82, 2.24) is 34.2 Å². The van der Waals surface area contributed by atoms with E-state index < -0.39 is 0 Å². The van der Waals surface area contributed by atoms with Crippen LogP contribution in [0, 0.1) is 0 Å². The molecule has 0 bridgehead atoms. The number of piperidine rings is 1. The first-order valence-corrected chi connectivity index (χ1v) is 16.1. The maximum atomic E-state index is 13.3. The fraction of sp³-hybridized carbons (Fsp3) is 0.207. The molecule has 14 heteroatoms. The van der Waals surface area contributed by atoms with Crippen molar-refractivity contribution in [2.45, 2.75) is 29.8 Å². The molecule has 0 saturated carbocycles. The molecule has 1 aliphatic rings. The summed E-state index contributed by atoms with van der Waals surface area (Å²) < 4.78 is 9.27. The Bertz CT molecular complexity index is 1990. The van der Waals surface area contributed by atoms with Crippen LogP contribution in [0.2, 0.25) is 10.0 Å². The number of furan rings is 1. The number of thioether (sulfide) groups is 1. The second-order valence-electron chi connectivity index (χ2n) is 9.97. The summed E-state index contributed by atoms with van der Waals surface area (Å²) in [5, 5.41) is 12.8. The van der Waals surface area contributed by atoms with Gasteiger partial charge in [0.15, 0.2) is 10.9 Å². The minimum absolute atomic E-state index is 0.0361. The van der Waals surface area contributed by atoms with Crippen LogP contribution in [-0.4, -0.2) is 53.2 Å². The summed E-state index contributed by atoms with van der Waals surface area (Å²) in [5.41, 5.74) is 2.77. The molecule has 10 nitrogen and oxygen atoms in total. The number of thiazole rings is 1. The molecule has 1 fully saturated rings. The van der Waals surface area contributed by atoms with Gasteiger partial charge < -0.3 is 14.3 Å². The van der Waals surface area contributed by atoms with E-state index in [0.717, 1.165) is 21.7 Å². The number of benzene rings is 2. The number of para-hydroxylation sites is 2. The molecule has 6 aromatic rings. The Morgan fingerprint density at radius 1 is 1.07 bits per heavy atom. The lowest BCUT2D eigenvalue weighted by molar-refractivity contribution is 0.0689. The van der Waals surface area contributed by atoms with Gasteiger partial charge in [-0.2, -0.15) is 0 Å². The zero-order valence-corrected chi connectivity index (χ0v) is 25.6. The first-order valence-electron chi connectivity index (χ1n) is 13.5. The van der Waals surface area contributed by atoms with E-state index in [9.17, 15) is 9.59 Å². The Labute approximate surface area is 263 Å². The number of carbonyl (C=O) groups excluding carboxylic acids is 1. The number of likely N-dealkylation sites (tertiary alicyclic amines) is 1. The van der Waals surface area contributed by atoms with E-state index >= 15 is 0 Å². The monoisotopic (exact) mass is 651 g/mol. The average Bonchev–Trinajstić information content (AvgIpc) is 3.83. The van der Waals surface area contributed by atoms with Crippen LogP contribution in [0.3, 0.4) is 0 Å². The number of aromatic amines is 1. The third-order valence-electron chi connectivity index (χ3n) is 7.37. The molecule has 0 unspecified atom stereocenters. The van der Waals surface area contributed by atoms with Crippen molar-refractivity contribution in [2.75, 3.05) is 13.1 Å². The van der Waals surface area contributed by atoms with Gasteiger partial charge in [0.2, 0.25) is 5.82 Å². The van der Waals surface area contributed by atoms with Crippen LogP contribution in [0.25, 0.3) is 28.3 Å². The summed E-state index contributed by atoms with van der Waals surface area (Å²) >= 11 is 15.3. The number of fused-ring (bicyclic) bond motifs is 1. The van der Waals surface area contributed by atoms with Gasteiger partial charge in [-0.15, -0.1) is 21.5 Å². The van der Waals surface area contributed by atoms with E-state index in [1.54, 1.807) is 29.8 Å². The van der Waals surface area contributed by atoms with Crippen LogP contribution in [-0.2, 0) is 5.75 Å². The molecule has 218 valence electrons. The van der Waals surface area contributed by atoms with Gasteiger partial charge in [-0.1, -0.05) is 47.1 Å². The molecule has 7 rings (SSSR count). The molecule has 0 spiro atoms. The smallest absolute Gasteiger partial charge is 0.326 e. The van der Waals surface area contributed by atoms with Gasteiger partial charge in [-0.05, 0) is 55.3 Å². The van der Waals surface area contributed by atoms with Crippen LogP contribution >= 0.6 is 46.3 Å². The summed E-state index contributed by atoms with van der Waals surface area (Å²) in [6, 6.07) is 16.6. The molecule has 0 aliphatic carbocycles. The van der Waals surface area contributed by atoms with Gasteiger partial charge in [0.05, 0.1) is 38.8 Å². The van der Waals surface area contributed by atoms with Gasteiger partial charge in [-0.3, -0.25) is 13.9 Å². The predicted molar refractivity (Wildman–Crippen MR) is 167 cm³/mol. The quantitative estimate of drug-likeness (QED) is 0.191. The van der Waals surface area contributed by atoms with Crippen LogP contribution < -0.4 is 5.69 Å². The molecule has 4 aromatic heterocycles. The van der Waals surface area contributed by atoms with Crippen LogP contribution in [0.1, 0.15) is 34.4 Å². The number of hydrogen-bond acceptors (Lipinski definition) is 8. The third kappa shape index (κ3) is 5.40. The van der Waals surface area contributed by atoms with Crippen molar-refractivity contribution >= 4 is 63.2 Å². The Balaban J connectivity index is 1.04. The minimum Gasteiger partial charge on any atom is -0.461 e. The number of nitrogens with one attached hydrogen (secondary N) is 1. The minimum atomic E-state index is -0.112. The van der Waals surface area contributed by atoms with E-state index in [2.05, 4.69) is 20.2 Å². The standard InChI is InChI=1S/C29H23Cl2N7O3S2/c30-19-8-7-18(14-20(19)31)38-26(24-6-3-13-41-24)34-35-29(38)43-16-25-32-22(15-42-25)27(39)36-11-9-17(10-12-36)37-23-5-2-1-4-21(23)33-28(37)40/h1-8,13-15,17H,9-12,16H2,(H,33,40). The summed E-state index contributed by atoms with van der Waals surface area (Å²) in [5.74, 6) is 1.47. The number of aromatic nitrogens is 6. The Morgan fingerprint density at radius 2 is 1.91 bits per heavy atom. The number of nitrogens with zero attached hydrogens (tertiary/aromatic N) is 6. The molecule has 1 aliphatic heterocycles. The van der Waals surface area contributed by atoms with E-state index in [0.29, 0.717) is 64.2 Å². The molecule has 1 saturated heterocycles. The van der Waals surface area contributed by atoms with Crippen molar-refractivity contribution in [1.29, 1.82) is 0 Å². The highest BCUT2D eigenvalue weighted by Gasteiger charge is 2.28. The molecular weight excluding hydrogens is 629 g/mol. The lowest BCUT2D eigenvalue weighted by atomic mass is 10.0. The van der Waals surface area contributed by atoms with Crippen molar-refractivity contribution < 1.29 is 9.21 Å². The molecular formula is C29H23Cl2N7O3S2. The number of carbonyl (C=O) groups is 1. The number of rotatable bonds is 7. The zero-order chi connectivity index (χ0) is 29.5. The number of hydrogen-bond donors (Lipinski definition) is 1. The maximum Gasteiger partial charge on any atom is 0.326 e. The molecule has 1 N–H and O–H groups in total. The largest absolute Gasteiger partial charge is 0.461 e. The van der Waals surface area contributed by atoms with Crippen molar-refractivity contribution in [3.05, 3.63) is 97.5 Å². The third-order valence-corrected chi connectivity index (χ3v) is 10.1. The first kappa shape index (κ1) is 28.0. The number of halogens is 2. The van der Waals surface area contributed by atoms with Gasteiger partial charge in [0.25, 0.3) is 5.91 Å². The number of H-pyrrole nitrogens is 1. The first-order chi connectivity index (χ1) is 21.0.